The maximum absolute atomic E-state index is 11.8. The van der Waals surface area contributed by atoms with Gasteiger partial charge in [0.25, 0.3) is 0 Å². The summed E-state index contributed by atoms with van der Waals surface area (Å²) in [6.45, 7) is 7.62. The van der Waals surface area contributed by atoms with Gasteiger partial charge in [0.15, 0.2) is 14.1 Å². The first-order chi connectivity index (χ1) is 7.29. The van der Waals surface area contributed by atoms with Gasteiger partial charge in [0, 0.05) is 11.5 Å². The summed E-state index contributed by atoms with van der Waals surface area (Å²) in [6, 6.07) is 8.32. The molecule has 2 nitrogen and oxygen atoms in total. The zero-order valence-corrected chi connectivity index (χ0v) is 11.4. The van der Waals surface area contributed by atoms with Crippen molar-refractivity contribution in [2.45, 2.75) is 33.0 Å². The molecule has 0 fully saturated rings. The molecule has 1 N–H and O–H groups in total. The van der Waals surface area contributed by atoms with Crippen LogP contribution in [0.2, 0.25) is 13.1 Å². The Hall–Kier alpha value is -0.933. The lowest BCUT2D eigenvalue weighted by molar-refractivity contribution is 0.0939. The third kappa shape index (κ3) is 3.91. The van der Waals surface area contributed by atoms with Crippen LogP contribution in [0.15, 0.2) is 24.3 Å². The van der Waals surface area contributed by atoms with Gasteiger partial charge in [0.2, 0.25) is 0 Å². The monoisotopic (exact) mass is 236 g/mol. The van der Waals surface area contributed by atoms with E-state index in [-0.39, 0.29) is 11.7 Å². The van der Waals surface area contributed by atoms with Crippen molar-refractivity contribution in [3.63, 3.8) is 0 Å². The Morgan fingerprint density at radius 2 is 2.00 bits per heavy atom. The molecular weight excluding hydrogens is 216 g/mol. The van der Waals surface area contributed by atoms with Crippen molar-refractivity contribution >= 4 is 14.1 Å². The van der Waals surface area contributed by atoms with Gasteiger partial charge in [-0.25, -0.2) is 0 Å². The maximum Gasteiger partial charge on any atom is 0.186 e. The Labute approximate surface area is 98.4 Å². The summed E-state index contributed by atoms with van der Waals surface area (Å²) in [4.78, 5) is 21.7. The Balaban J connectivity index is 2.91. The molecule has 0 amide bonds. The van der Waals surface area contributed by atoms with Gasteiger partial charge in [0.1, 0.15) is 0 Å². The molecule has 1 rings (SSSR count). The van der Waals surface area contributed by atoms with Crippen LogP contribution in [0.3, 0.4) is 0 Å². The number of benzene rings is 1. The minimum absolute atomic E-state index is 0.0228. The van der Waals surface area contributed by atoms with E-state index in [1.807, 2.05) is 51.2 Å². The molecule has 1 aromatic carbocycles. The lowest BCUT2D eigenvalue weighted by atomic mass is 10.00. The van der Waals surface area contributed by atoms with Gasteiger partial charge in [-0.1, -0.05) is 32.0 Å². The highest BCUT2D eigenvalue weighted by Crippen LogP contribution is 2.14. The minimum Gasteiger partial charge on any atom is -0.432 e. The Morgan fingerprint density at radius 1 is 1.38 bits per heavy atom. The van der Waals surface area contributed by atoms with E-state index in [9.17, 15) is 9.59 Å². The highest BCUT2D eigenvalue weighted by Gasteiger charge is 2.18. The zero-order chi connectivity index (χ0) is 12.3. The summed E-state index contributed by atoms with van der Waals surface area (Å²) in [6.07, 6.45) is 0. The fourth-order valence-corrected chi connectivity index (χ4v) is 2.89. The molecule has 0 aromatic heterocycles. The Kier molecular flexibility index (Phi) is 4.05. The van der Waals surface area contributed by atoms with Crippen molar-refractivity contribution in [3.05, 3.63) is 35.4 Å². The first-order valence-electron chi connectivity index (χ1n) is 5.65. The van der Waals surface area contributed by atoms with Gasteiger partial charge in [-0.2, -0.15) is 0 Å². The van der Waals surface area contributed by atoms with E-state index in [0.717, 1.165) is 11.1 Å². The number of rotatable bonds is 4. The van der Waals surface area contributed by atoms with Crippen LogP contribution < -0.4 is 0 Å². The predicted molar refractivity (Wildman–Crippen MR) is 69.0 cm³/mol. The van der Waals surface area contributed by atoms with Gasteiger partial charge < -0.3 is 4.80 Å². The first kappa shape index (κ1) is 13.1. The van der Waals surface area contributed by atoms with E-state index in [1.165, 1.54) is 0 Å². The quantitative estimate of drug-likeness (QED) is 0.645. The van der Waals surface area contributed by atoms with E-state index < -0.39 is 8.32 Å². The second-order valence-corrected chi connectivity index (χ2v) is 9.19. The molecule has 3 heteroatoms. The second kappa shape index (κ2) is 4.93. The third-order valence-electron chi connectivity index (χ3n) is 2.37. The van der Waals surface area contributed by atoms with E-state index in [1.54, 1.807) is 0 Å². The van der Waals surface area contributed by atoms with Crippen molar-refractivity contribution in [2.75, 3.05) is 0 Å². The van der Waals surface area contributed by atoms with Crippen molar-refractivity contribution in [3.8, 4) is 0 Å². The molecule has 88 valence electrons. The molecule has 0 heterocycles. The molecule has 1 aromatic rings. The molecule has 0 aliphatic rings. The van der Waals surface area contributed by atoms with Crippen LogP contribution in [0, 0.1) is 5.92 Å². The molecule has 0 radical (unpaired) electrons. The van der Waals surface area contributed by atoms with Crippen LogP contribution in [0.5, 0.6) is 0 Å². The fraction of sp³-hybridized carbons (Fsp3) is 0.462. The number of carbonyl (C=O) groups excluding carboxylic acids is 1. The number of carbonyl (C=O) groups is 1. The van der Waals surface area contributed by atoms with Crippen LogP contribution in [-0.2, 0) is 6.04 Å². The molecule has 0 bridgehead atoms. The van der Waals surface area contributed by atoms with E-state index in [2.05, 4.69) is 0 Å². The summed E-state index contributed by atoms with van der Waals surface area (Å²) < 4.78 is 0. The molecular formula is C13H20O2Si. The second-order valence-electron chi connectivity index (χ2n) is 5.21. The Bertz CT molecular complexity index is 378. The van der Waals surface area contributed by atoms with E-state index >= 15 is 0 Å². The zero-order valence-electron chi connectivity index (χ0n) is 10.4. The fourth-order valence-electron chi connectivity index (χ4n) is 1.67. The predicted octanol–water partition coefficient (Wildman–Crippen LogP) is 2.80. The average molecular weight is 236 g/mol. The molecule has 0 aliphatic carbocycles. The lowest BCUT2D eigenvalue weighted by Crippen LogP contribution is -2.28. The smallest absolute Gasteiger partial charge is 0.186 e. The van der Waals surface area contributed by atoms with Crippen molar-refractivity contribution in [1.82, 2.24) is 0 Å². The van der Waals surface area contributed by atoms with Crippen molar-refractivity contribution in [2.24, 2.45) is 5.92 Å². The molecule has 0 unspecified atom stereocenters. The van der Waals surface area contributed by atoms with Gasteiger partial charge in [-0.3, -0.25) is 4.79 Å². The molecule has 0 spiro atoms. The van der Waals surface area contributed by atoms with Crippen LogP contribution >= 0.6 is 0 Å². The molecule has 0 atom stereocenters. The average Bonchev–Trinajstić information content (AvgIpc) is 2.14. The summed E-state index contributed by atoms with van der Waals surface area (Å²) in [5, 5.41) is 0. The summed E-state index contributed by atoms with van der Waals surface area (Å²) >= 11 is 0. The highest BCUT2D eigenvalue weighted by atomic mass is 28.4. The molecule has 16 heavy (non-hydrogen) atoms. The normalized spacial score (nSPS) is 11.9. The number of Topliss-reactive ketones (excluding diaryl/α,β-unsaturated/α-hetero) is 1. The molecule has 0 saturated carbocycles. The largest absolute Gasteiger partial charge is 0.432 e. The SMILES string of the molecule is CC(C)C(=O)c1cccc(C[Si](C)(C)O)c1. The topological polar surface area (TPSA) is 37.3 Å². The minimum atomic E-state index is -2.09. The van der Waals surface area contributed by atoms with Crippen LogP contribution in [0.25, 0.3) is 0 Å². The van der Waals surface area contributed by atoms with Crippen LogP contribution in [0.1, 0.15) is 29.8 Å². The third-order valence-corrected chi connectivity index (χ3v) is 3.65. The summed E-state index contributed by atoms with van der Waals surface area (Å²) in [7, 11) is -2.09. The van der Waals surface area contributed by atoms with E-state index in [0.29, 0.717) is 6.04 Å². The standard InChI is InChI=1S/C13H20O2Si/c1-10(2)13(14)12-7-5-6-11(8-12)9-16(3,4)15/h5-8,10,15H,9H2,1-4H3. The lowest BCUT2D eigenvalue weighted by Gasteiger charge is -2.14. The van der Waals surface area contributed by atoms with Crippen LogP contribution in [0.4, 0.5) is 0 Å². The van der Waals surface area contributed by atoms with Gasteiger partial charge in [-0.05, 0) is 30.8 Å². The van der Waals surface area contributed by atoms with Crippen LogP contribution in [-0.4, -0.2) is 18.9 Å². The van der Waals surface area contributed by atoms with Gasteiger partial charge in [0.05, 0.1) is 0 Å². The number of hydrogen-bond acceptors (Lipinski definition) is 2. The Morgan fingerprint density at radius 3 is 2.50 bits per heavy atom. The molecule has 0 saturated heterocycles. The maximum atomic E-state index is 11.8. The molecule has 0 aliphatic heterocycles. The number of ketones is 1. The summed E-state index contributed by atoms with van der Waals surface area (Å²) in [5.41, 5.74) is 1.82. The first-order valence-corrected chi connectivity index (χ1v) is 8.80. The highest BCUT2D eigenvalue weighted by molar-refractivity contribution is 6.69. The van der Waals surface area contributed by atoms with Crippen molar-refractivity contribution < 1.29 is 9.59 Å². The van der Waals surface area contributed by atoms with Gasteiger partial charge in [-0.15, -0.1) is 0 Å². The van der Waals surface area contributed by atoms with Crippen molar-refractivity contribution in [1.29, 1.82) is 0 Å². The number of hydrogen-bond donors (Lipinski definition) is 1. The van der Waals surface area contributed by atoms with E-state index in [4.69, 9.17) is 0 Å². The van der Waals surface area contributed by atoms with Gasteiger partial charge >= 0.3 is 0 Å². The summed E-state index contributed by atoms with van der Waals surface area (Å²) in [5.74, 6) is 0.189.